The van der Waals surface area contributed by atoms with Gasteiger partial charge < -0.3 is 14.5 Å². The summed E-state index contributed by atoms with van der Waals surface area (Å²) in [7, 11) is 1.64. The zero-order chi connectivity index (χ0) is 29.6. The molecule has 1 fully saturated rings. The number of carbonyl (C=O) groups is 3. The highest BCUT2D eigenvalue weighted by Gasteiger charge is 2.51. The molecule has 0 spiro atoms. The standard InChI is InChI=1S/C30H24Cl3N3O5/c1-4-22(37)35(3)30(11-6-12-30)28-26(27(34-41-28)25-19(32)13-18(31)14-20(25)33)29(40)36-15-16(2)24-17(9-10-23(38)39)7-5-8-21(24)36/h4-5,7-10,13-15H,1,6,11-12H2,2-3H3,(H,38,39)/b10-9+. The Hall–Kier alpha value is -3.85. The molecule has 1 aliphatic carbocycles. The molecule has 0 bridgehead atoms. The van der Waals surface area contributed by atoms with Crippen LogP contribution in [-0.2, 0) is 15.1 Å². The molecule has 0 unspecified atom stereocenters. The Balaban J connectivity index is 1.78. The summed E-state index contributed by atoms with van der Waals surface area (Å²) in [5.41, 5.74) is 1.46. The number of aryl methyl sites for hydroxylation is 1. The number of carboxylic acids is 1. The molecule has 1 saturated carbocycles. The van der Waals surface area contributed by atoms with Crippen molar-refractivity contribution in [3.8, 4) is 11.3 Å². The van der Waals surface area contributed by atoms with Crippen molar-refractivity contribution in [2.24, 2.45) is 0 Å². The predicted molar refractivity (Wildman–Crippen MR) is 159 cm³/mol. The normalized spacial score (nSPS) is 14.3. The van der Waals surface area contributed by atoms with Gasteiger partial charge in [-0.15, -0.1) is 0 Å². The fraction of sp³-hybridized carbons (Fsp3) is 0.200. The highest BCUT2D eigenvalue weighted by Crippen LogP contribution is 2.50. The quantitative estimate of drug-likeness (QED) is 0.218. The first-order valence-electron chi connectivity index (χ1n) is 12.6. The van der Waals surface area contributed by atoms with Gasteiger partial charge in [0.15, 0.2) is 5.76 Å². The van der Waals surface area contributed by atoms with Crippen LogP contribution in [0.1, 0.15) is 46.5 Å². The number of aromatic nitrogens is 2. The minimum atomic E-state index is -1.09. The van der Waals surface area contributed by atoms with Crippen LogP contribution in [0.25, 0.3) is 28.2 Å². The fourth-order valence-corrected chi connectivity index (χ4v) is 6.42. The van der Waals surface area contributed by atoms with E-state index in [0.717, 1.165) is 18.1 Å². The van der Waals surface area contributed by atoms with Crippen LogP contribution in [0.4, 0.5) is 0 Å². The maximum atomic E-state index is 14.6. The number of hydrogen-bond acceptors (Lipinski definition) is 5. The molecule has 2 aromatic heterocycles. The Morgan fingerprint density at radius 1 is 1.17 bits per heavy atom. The van der Waals surface area contributed by atoms with Crippen molar-refractivity contribution in [3.05, 3.63) is 92.8 Å². The third-order valence-electron chi connectivity index (χ3n) is 7.58. The number of carbonyl (C=O) groups excluding carboxylic acids is 2. The zero-order valence-corrected chi connectivity index (χ0v) is 24.3. The summed E-state index contributed by atoms with van der Waals surface area (Å²) in [6, 6.07) is 8.26. The Morgan fingerprint density at radius 2 is 1.85 bits per heavy atom. The maximum absolute atomic E-state index is 14.6. The van der Waals surface area contributed by atoms with E-state index in [4.69, 9.17) is 44.4 Å². The van der Waals surface area contributed by atoms with Gasteiger partial charge in [0.25, 0.3) is 5.91 Å². The molecular weight excluding hydrogens is 589 g/mol. The minimum absolute atomic E-state index is 0.0999. The van der Waals surface area contributed by atoms with Crippen molar-refractivity contribution < 1.29 is 24.0 Å². The molecule has 2 aromatic carbocycles. The van der Waals surface area contributed by atoms with Gasteiger partial charge in [0.2, 0.25) is 5.91 Å². The second-order valence-electron chi connectivity index (χ2n) is 9.87. The summed E-state index contributed by atoms with van der Waals surface area (Å²) < 4.78 is 7.38. The smallest absolute Gasteiger partial charge is 0.328 e. The summed E-state index contributed by atoms with van der Waals surface area (Å²) in [6.07, 6.45) is 7.27. The van der Waals surface area contributed by atoms with Crippen molar-refractivity contribution in [1.29, 1.82) is 0 Å². The number of benzene rings is 2. The van der Waals surface area contributed by atoms with Gasteiger partial charge in [-0.3, -0.25) is 14.2 Å². The highest BCUT2D eigenvalue weighted by atomic mass is 35.5. The van der Waals surface area contributed by atoms with Crippen LogP contribution in [0, 0.1) is 6.92 Å². The average Bonchev–Trinajstić information content (AvgIpc) is 3.47. The van der Waals surface area contributed by atoms with Crippen molar-refractivity contribution in [3.63, 3.8) is 0 Å². The van der Waals surface area contributed by atoms with Gasteiger partial charge in [-0.2, -0.15) is 0 Å². The number of fused-ring (bicyclic) bond motifs is 1. The van der Waals surface area contributed by atoms with Crippen LogP contribution in [0.2, 0.25) is 15.1 Å². The topological polar surface area (TPSA) is 106 Å². The first-order chi connectivity index (χ1) is 19.5. The molecule has 2 heterocycles. The molecule has 1 amide bonds. The van der Waals surface area contributed by atoms with Gasteiger partial charge in [0.1, 0.15) is 16.8 Å². The number of halogens is 3. The summed E-state index contributed by atoms with van der Waals surface area (Å²) in [4.78, 5) is 40.0. The lowest BCUT2D eigenvalue weighted by atomic mass is 9.72. The number of aliphatic carboxylic acids is 1. The van der Waals surface area contributed by atoms with Crippen molar-refractivity contribution in [2.45, 2.75) is 31.7 Å². The largest absolute Gasteiger partial charge is 0.478 e. The minimum Gasteiger partial charge on any atom is -0.478 e. The lowest BCUT2D eigenvalue weighted by Gasteiger charge is -2.46. The molecule has 41 heavy (non-hydrogen) atoms. The Bertz CT molecular complexity index is 1760. The number of carboxylic acid groups (broad SMARTS) is 1. The second-order valence-corrected chi connectivity index (χ2v) is 11.1. The van der Waals surface area contributed by atoms with Crippen LogP contribution >= 0.6 is 34.8 Å². The van der Waals surface area contributed by atoms with E-state index in [-0.39, 0.29) is 38.5 Å². The van der Waals surface area contributed by atoms with Gasteiger partial charge >= 0.3 is 5.97 Å². The summed E-state index contributed by atoms with van der Waals surface area (Å²) >= 11 is 19.3. The summed E-state index contributed by atoms with van der Waals surface area (Å²) in [6.45, 7) is 5.44. The lowest BCUT2D eigenvalue weighted by Crippen LogP contribution is -2.51. The van der Waals surface area contributed by atoms with E-state index in [9.17, 15) is 14.4 Å². The van der Waals surface area contributed by atoms with E-state index < -0.39 is 17.4 Å². The first kappa shape index (κ1) is 28.7. The van der Waals surface area contributed by atoms with E-state index in [2.05, 4.69) is 11.7 Å². The van der Waals surface area contributed by atoms with Gasteiger partial charge in [0, 0.05) is 35.3 Å². The van der Waals surface area contributed by atoms with E-state index in [0.29, 0.717) is 34.3 Å². The number of nitrogens with zero attached hydrogens (tertiary/aromatic N) is 3. The molecule has 0 atom stereocenters. The molecule has 5 rings (SSSR count). The number of rotatable bonds is 7. The van der Waals surface area contributed by atoms with Crippen LogP contribution in [0.3, 0.4) is 0 Å². The predicted octanol–water partition coefficient (Wildman–Crippen LogP) is 7.37. The molecule has 0 saturated heterocycles. The Labute approximate surface area is 250 Å². The fourth-order valence-electron chi connectivity index (χ4n) is 5.42. The monoisotopic (exact) mass is 611 g/mol. The summed E-state index contributed by atoms with van der Waals surface area (Å²) in [5, 5.41) is 14.8. The first-order valence-corrected chi connectivity index (χ1v) is 13.7. The van der Waals surface area contributed by atoms with Crippen LogP contribution in [0.15, 0.2) is 59.8 Å². The van der Waals surface area contributed by atoms with Crippen LogP contribution in [-0.4, -0.2) is 44.6 Å². The third kappa shape index (κ3) is 4.76. The van der Waals surface area contributed by atoms with Gasteiger partial charge in [-0.05, 0) is 67.7 Å². The SMILES string of the molecule is C=CC(=O)N(C)C1(c2onc(-c3c(Cl)cc(Cl)cc3Cl)c2C(=O)n2cc(C)c3c(/C=C/C(=O)O)cccc32)CCC1. The zero-order valence-electron chi connectivity index (χ0n) is 22.1. The number of hydrogen-bond donors (Lipinski definition) is 1. The summed E-state index contributed by atoms with van der Waals surface area (Å²) in [5.74, 6) is -1.69. The highest BCUT2D eigenvalue weighted by molar-refractivity contribution is 6.42. The maximum Gasteiger partial charge on any atom is 0.328 e. The Kier molecular flexibility index (Phi) is 7.59. The van der Waals surface area contributed by atoms with Gasteiger partial charge in [0.05, 0.1) is 15.6 Å². The average molecular weight is 613 g/mol. The van der Waals surface area contributed by atoms with E-state index in [1.165, 1.54) is 33.8 Å². The lowest BCUT2D eigenvalue weighted by molar-refractivity contribution is -0.136. The van der Waals surface area contributed by atoms with Gasteiger partial charge in [-0.25, -0.2) is 4.79 Å². The molecule has 0 radical (unpaired) electrons. The molecular formula is C30H24Cl3N3O5. The van der Waals surface area contributed by atoms with E-state index in [1.807, 2.05) is 6.92 Å². The van der Waals surface area contributed by atoms with E-state index in [1.54, 1.807) is 31.4 Å². The molecule has 1 N–H and O–H groups in total. The Morgan fingerprint density at radius 3 is 2.44 bits per heavy atom. The molecule has 11 heteroatoms. The van der Waals surface area contributed by atoms with Crippen molar-refractivity contribution >= 4 is 69.6 Å². The molecule has 4 aromatic rings. The number of likely N-dealkylation sites (N-methyl/N-ethyl adjacent to an activating group) is 1. The molecule has 1 aliphatic rings. The second kappa shape index (κ2) is 10.9. The molecule has 8 nitrogen and oxygen atoms in total. The molecule has 210 valence electrons. The van der Waals surface area contributed by atoms with Gasteiger partial charge in [-0.1, -0.05) is 58.7 Å². The van der Waals surface area contributed by atoms with Crippen LogP contribution in [0.5, 0.6) is 0 Å². The number of amides is 1. The van der Waals surface area contributed by atoms with Crippen LogP contribution < -0.4 is 0 Å². The van der Waals surface area contributed by atoms with E-state index >= 15 is 0 Å². The van der Waals surface area contributed by atoms with Crippen molar-refractivity contribution in [2.75, 3.05) is 7.05 Å². The van der Waals surface area contributed by atoms with Crippen molar-refractivity contribution in [1.82, 2.24) is 14.6 Å². The third-order valence-corrected chi connectivity index (χ3v) is 8.39. The molecule has 0 aliphatic heterocycles.